The Bertz CT molecular complexity index is 962. The van der Waals surface area contributed by atoms with Crippen LogP contribution in [0.5, 0.6) is 5.75 Å². The molecule has 0 unspecified atom stereocenters. The normalized spacial score (nSPS) is 10.7. The van der Waals surface area contributed by atoms with E-state index in [0.717, 1.165) is 16.8 Å². The predicted octanol–water partition coefficient (Wildman–Crippen LogP) is 7.29. The Morgan fingerprint density at radius 1 is 0.926 bits per heavy atom. The van der Waals surface area contributed by atoms with Crippen molar-refractivity contribution in [1.82, 2.24) is 0 Å². The summed E-state index contributed by atoms with van der Waals surface area (Å²) in [6.07, 6.45) is 0. The van der Waals surface area contributed by atoms with Crippen LogP contribution in [0.25, 0.3) is 0 Å². The molecule has 0 aromatic heterocycles. The van der Waals surface area contributed by atoms with E-state index in [0.29, 0.717) is 32.9 Å². The molecule has 0 bridgehead atoms. The standard InChI is InChI=1S/C21H17Cl3FNO/c1-13-6-7-17(10-18(13)23)26-11-15-8-16(22)9-19(24)21(15)27-12-14-4-2-3-5-20(14)25/h2-10,26H,11-12H2,1H3. The number of hydrogen-bond donors (Lipinski definition) is 1. The summed E-state index contributed by atoms with van der Waals surface area (Å²) in [6.45, 7) is 2.43. The van der Waals surface area contributed by atoms with Gasteiger partial charge in [0.25, 0.3) is 0 Å². The Hall–Kier alpha value is -1.94. The first-order chi connectivity index (χ1) is 12.9. The van der Waals surface area contributed by atoms with E-state index in [1.807, 2.05) is 25.1 Å². The summed E-state index contributed by atoms with van der Waals surface area (Å²) in [5, 5.41) is 4.83. The number of aryl methyl sites for hydroxylation is 1. The molecule has 3 rings (SSSR count). The van der Waals surface area contributed by atoms with E-state index >= 15 is 0 Å². The first-order valence-electron chi connectivity index (χ1n) is 8.28. The van der Waals surface area contributed by atoms with Gasteiger partial charge in [-0.25, -0.2) is 4.39 Å². The van der Waals surface area contributed by atoms with Crippen LogP contribution in [0.4, 0.5) is 10.1 Å². The van der Waals surface area contributed by atoms with Crippen LogP contribution < -0.4 is 10.1 Å². The largest absolute Gasteiger partial charge is 0.487 e. The van der Waals surface area contributed by atoms with Gasteiger partial charge in [0.05, 0.1) is 5.02 Å². The van der Waals surface area contributed by atoms with Crippen LogP contribution in [-0.4, -0.2) is 0 Å². The lowest BCUT2D eigenvalue weighted by Gasteiger charge is -2.16. The third kappa shape index (κ3) is 5.07. The van der Waals surface area contributed by atoms with Gasteiger partial charge in [-0.05, 0) is 42.8 Å². The summed E-state index contributed by atoms with van der Waals surface area (Å²) in [5.41, 5.74) is 3.08. The zero-order chi connectivity index (χ0) is 19.4. The van der Waals surface area contributed by atoms with Gasteiger partial charge in [0.2, 0.25) is 0 Å². The van der Waals surface area contributed by atoms with E-state index in [2.05, 4.69) is 5.32 Å². The second kappa shape index (κ2) is 8.83. The Morgan fingerprint density at radius 3 is 2.44 bits per heavy atom. The predicted molar refractivity (Wildman–Crippen MR) is 111 cm³/mol. The van der Waals surface area contributed by atoms with E-state index in [9.17, 15) is 4.39 Å². The number of ether oxygens (including phenoxy) is 1. The monoisotopic (exact) mass is 423 g/mol. The van der Waals surface area contributed by atoms with Gasteiger partial charge in [0, 0.05) is 33.4 Å². The maximum Gasteiger partial charge on any atom is 0.143 e. The number of hydrogen-bond acceptors (Lipinski definition) is 2. The highest BCUT2D eigenvalue weighted by molar-refractivity contribution is 6.35. The molecule has 0 atom stereocenters. The van der Waals surface area contributed by atoms with Crippen LogP contribution in [0, 0.1) is 12.7 Å². The molecule has 27 heavy (non-hydrogen) atoms. The van der Waals surface area contributed by atoms with Crippen molar-refractivity contribution in [2.75, 3.05) is 5.32 Å². The molecule has 1 N–H and O–H groups in total. The first kappa shape index (κ1) is 19.8. The minimum absolute atomic E-state index is 0.0669. The number of anilines is 1. The smallest absolute Gasteiger partial charge is 0.143 e. The summed E-state index contributed by atoms with van der Waals surface area (Å²) in [7, 11) is 0. The quantitative estimate of drug-likeness (QED) is 0.449. The fourth-order valence-corrected chi connectivity index (χ4v) is 3.34. The van der Waals surface area contributed by atoms with Gasteiger partial charge < -0.3 is 10.1 Å². The maximum atomic E-state index is 13.8. The third-order valence-electron chi connectivity index (χ3n) is 4.07. The van der Waals surface area contributed by atoms with Crippen molar-refractivity contribution >= 4 is 40.5 Å². The molecule has 0 heterocycles. The SMILES string of the molecule is Cc1ccc(NCc2cc(Cl)cc(Cl)c2OCc2ccccc2F)cc1Cl. The van der Waals surface area contributed by atoms with Crippen LogP contribution in [0.15, 0.2) is 54.6 Å². The molecule has 0 spiro atoms. The molecular formula is C21H17Cl3FNO. The van der Waals surface area contributed by atoms with E-state index in [1.54, 1.807) is 30.3 Å². The number of benzene rings is 3. The van der Waals surface area contributed by atoms with Gasteiger partial charge in [-0.3, -0.25) is 0 Å². The fraction of sp³-hybridized carbons (Fsp3) is 0.143. The molecule has 0 fully saturated rings. The van der Waals surface area contributed by atoms with Crippen molar-refractivity contribution in [1.29, 1.82) is 0 Å². The minimum atomic E-state index is -0.323. The van der Waals surface area contributed by atoms with Crippen molar-refractivity contribution < 1.29 is 9.13 Å². The first-order valence-corrected chi connectivity index (χ1v) is 9.41. The Kier molecular flexibility index (Phi) is 6.48. The van der Waals surface area contributed by atoms with Crippen molar-refractivity contribution in [2.45, 2.75) is 20.1 Å². The summed E-state index contributed by atoms with van der Waals surface area (Å²) < 4.78 is 19.7. The fourth-order valence-electron chi connectivity index (χ4n) is 2.57. The third-order valence-corrected chi connectivity index (χ3v) is 4.98. The van der Waals surface area contributed by atoms with Crippen molar-refractivity contribution in [3.05, 3.63) is 92.2 Å². The summed E-state index contributed by atoms with van der Waals surface area (Å²) in [5.74, 6) is 0.145. The highest BCUT2D eigenvalue weighted by atomic mass is 35.5. The molecule has 0 aliphatic carbocycles. The van der Waals surface area contributed by atoms with E-state index in [4.69, 9.17) is 39.5 Å². The molecule has 2 nitrogen and oxygen atoms in total. The van der Waals surface area contributed by atoms with Crippen LogP contribution in [0.1, 0.15) is 16.7 Å². The molecule has 140 valence electrons. The Labute approximate surface area is 172 Å². The van der Waals surface area contributed by atoms with Crippen LogP contribution in [0.3, 0.4) is 0 Å². The van der Waals surface area contributed by atoms with Gasteiger partial charge in [-0.2, -0.15) is 0 Å². The van der Waals surface area contributed by atoms with Crippen LogP contribution in [-0.2, 0) is 13.2 Å². The van der Waals surface area contributed by atoms with Crippen molar-refractivity contribution in [2.24, 2.45) is 0 Å². The molecular weight excluding hydrogens is 408 g/mol. The van der Waals surface area contributed by atoms with E-state index < -0.39 is 0 Å². The maximum absolute atomic E-state index is 13.8. The Balaban J connectivity index is 1.79. The van der Waals surface area contributed by atoms with Crippen molar-refractivity contribution in [3.8, 4) is 5.75 Å². The lowest BCUT2D eigenvalue weighted by Crippen LogP contribution is -2.05. The molecule has 3 aromatic carbocycles. The second-order valence-electron chi connectivity index (χ2n) is 6.07. The van der Waals surface area contributed by atoms with Gasteiger partial charge in [-0.15, -0.1) is 0 Å². The Morgan fingerprint density at radius 2 is 1.70 bits per heavy atom. The molecule has 6 heteroatoms. The lowest BCUT2D eigenvalue weighted by atomic mass is 10.1. The average Bonchev–Trinajstić information content (AvgIpc) is 2.63. The van der Waals surface area contributed by atoms with Crippen molar-refractivity contribution in [3.63, 3.8) is 0 Å². The molecule has 0 radical (unpaired) electrons. The number of halogens is 4. The summed E-state index contributed by atoms with van der Waals surface area (Å²) in [6, 6.07) is 15.6. The summed E-state index contributed by atoms with van der Waals surface area (Å²) >= 11 is 18.6. The topological polar surface area (TPSA) is 21.3 Å². The number of nitrogens with one attached hydrogen (secondary N) is 1. The number of rotatable bonds is 6. The average molecular weight is 425 g/mol. The molecule has 0 aliphatic heterocycles. The molecule has 0 aliphatic rings. The highest BCUT2D eigenvalue weighted by Crippen LogP contribution is 2.34. The molecule has 0 saturated carbocycles. The van der Waals surface area contributed by atoms with Gasteiger partial charge in [0.1, 0.15) is 18.2 Å². The molecule has 0 amide bonds. The second-order valence-corrected chi connectivity index (χ2v) is 7.32. The van der Waals surface area contributed by atoms with Gasteiger partial charge in [-0.1, -0.05) is 59.1 Å². The zero-order valence-corrected chi connectivity index (χ0v) is 16.8. The zero-order valence-electron chi connectivity index (χ0n) is 14.5. The molecule has 0 saturated heterocycles. The highest BCUT2D eigenvalue weighted by Gasteiger charge is 2.12. The summed E-state index contributed by atoms with van der Waals surface area (Å²) in [4.78, 5) is 0. The van der Waals surface area contributed by atoms with Crippen LogP contribution >= 0.6 is 34.8 Å². The van der Waals surface area contributed by atoms with E-state index in [1.165, 1.54) is 6.07 Å². The van der Waals surface area contributed by atoms with Crippen LogP contribution in [0.2, 0.25) is 15.1 Å². The molecule has 3 aromatic rings. The van der Waals surface area contributed by atoms with Gasteiger partial charge in [0.15, 0.2) is 0 Å². The van der Waals surface area contributed by atoms with E-state index in [-0.39, 0.29) is 12.4 Å². The minimum Gasteiger partial charge on any atom is -0.487 e. The van der Waals surface area contributed by atoms with Gasteiger partial charge >= 0.3 is 0 Å². The lowest BCUT2D eigenvalue weighted by molar-refractivity contribution is 0.297.